The Morgan fingerprint density at radius 1 is 0.971 bits per heavy atom. The second-order valence-electron chi connectivity index (χ2n) is 7.88. The SMILES string of the molecule is CCCOc1ccc(C2=C(Nc3cc(C)ccc3OC)C(=O)N(c3cccc(F)c3)C2=O)cc1. The Balaban J connectivity index is 1.80. The monoisotopic (exact) mass is 460 g/mol. The highest BCUT2D eigenvalue weighted by Gasteiger charge is 2.40. The van der Waals surface area contributed by atoms with E-state index in [4.69, 9.17) is 9.47 Å². The first-order valence-electron chi connectivity index (χ1n) is 11.0. The Morgan fingerprint density at radius 3 is 2.41 bits per heavy atom. The van der Waals surface area contributed by atoms with Gasteiger partial charge >= 0.3 is 0 Å². The first-order valence-corrected chi connectivity index (χ1v) is 11.0. The third kappa shape index (κ3) is 4.50. The van der Waals surface area contributed by atoms with Crippen molar-refractivity contribution in [3.8, 4) is 11.5 Å². The minimum atomic E-state index is -0.583. The predicted octanol–water partition coefficient (Wildman–Crippen LogP) is 5.33. The van der Waals surface area contributed by atoms with Gasteiger partial charge in [-0.25, -0.2) is 9.29 Å². The zero-order valence-electron chi connectivity index (χ0n) is 19.2. The number of carbonyl (C=O) groups is 2. The molecule has 0 aliphatic carbocycles. The van der Waals surface area contributed by atoms with Gasteiger partial charge in [-0.15, -0.1) is 0 Å². The lowest BCUT2D eigenvalue weighted by molar-refractivity contribution is -0.120. The van der Waals surface area contributed by atoms with Crippen molar-refractivity contribution in [1.29, 1.82) is 0 Å². The molecule has 174 valence electrons. The summed E-state index contributed by atoms with van der Waals surface area (Å²) in [5.41, 5.74) is 2.45. The quantitative estimate of drug-likeness (QED) is 0.461. The number of nitrogens with zero attached hydrogens (tertiary/aromatic N) is 1. The lowest BCUT2D eigenvalue weighted by atomic mass is 10.0. The van der Waals surface area contributed by atoms with Crippen molar-refractivity contribution < 1.29 is 23.5 Å². The molecule has 0 aromatic heterocycles. The van der Waals surface area contributed by atoms with Crippen molar-refractivity contribution in [1.82, 2.24) is 0 Å². The van der Waals surface area contributed by atoms with E-state index >= 15 is 0 Å². The average Bonchev–Trinajstić information content (AvgIpc) is 3.07. The van der Waals surface area contributed by atoms with E-state index in [0.29, 0.717) is 29.4 Å². The summed E-state index contributed by atoms with van der Waals surface area (Å²) < 4.78 is 25.0. The fourth-order valence-electron chi connectivity index (χ4n) is 3.76. The predicted molar refractivity (Wildman–Crippen MR) is 129 cm³/mol. The molecule has 6 nitrogen and oxygen atoms in total. The maximum Gasteiger partial charge on any atom is 0.282 e. The van der Waals surface area contributed by atoms with Crippen LogP contribution in [-0.4, -0.2) is 25.5 Å². The van der Waals surface area contributed by atoms with Gasteiger partial charge in [-0.1, -0.05) is 31.2 Å². The maximum absolute atomic E-state index is 13.9. The molecule has 0 fully saturated rings. The van der Waals surface area contributed by atoms with Gasteiger partial charge < -0.3 is 14.8 Å². The van der Waals surface area contributed by atoms with Crippen LogP contribution in [0.3, 0.4) is 0 Å². The minimum absolute atomic E-state index is 0.0837. The van der Waals surface area contributed by atoms with Gasteiger partial charge in [0.25, 0.3) is 11.8 Å². The van der Waals surface area contributed by atoms with Crippen molar-refractivity contribution in [3.05, 3.63) is 89.4 Å². The van der Waals surface area contributed by atoms with Crippen LogP contribution in [0.15, 0.2) is 72.4 Å². The van der Waals surface area contributed by atoms with Gasteiger partial charge in [-0.3, -0.25) is 9.59 Å². The summed E-state index contributed by atoms with van der Waals surface area (Å²) in [6.07, 6.45) is 0.870. The normalized spacial score (nSPS) is 13.5. The van der Waals surface area contributed by atoms with Crippen molar-refractivity contribution in [3.63, 3.8) is 0 Å². The van der Waals surface area contributed by atoms with E-state index in [0.717, 1.165) is 23.0 Å². The van der Waals surface area contributed by atoms with E-state index < -0.39 is 17.6 Å². The number of ether oxygens (including phenoxy) is 2. The number of carbonyl (C=O) groups excluding carboxylic acids is 2. The Kier molecular flexibility index (Phi) is 6.63. The average molecular weight is 461 g/mol. The number of benzene rings is 3. The Bertz CT molecular complexity index is 1270. The molecule has 1 heterocycles. The molecule has 0 saturated heterocycles. The Morgan fingerprint density at radius 2 is 1.74 bits per heavy atom. The van der Waals surface area contributed by atoms with Crippen LogP contribution in [0.25, 0.3) is 5.57 Å². The van der Waals surface area contributed by atoms with Crippen LogP contribution in [0.5, 0.6) is 11.5 Å². The molecular weight excluding hydrogens is 435 g/mol. The molecule has 0 unspecified atom stereocenters. The molecule has 0 atom stereocenters. The first-order chi connectivity index (χ1) is 16.4. The summed E-state index contributed by atoms with van der Waals surface area (Å²) in [7, 11) is 1.53. The fraction of sp³-hybridized carbons (Fsp3) is 0.185. The largest absolute Gasteiger partial charge is 0.495 e. The van der Waals surface area contributed by atoms with E-state index in [1.54, 1.807) is 30.3 Å². The molecule has 3 aromatic rings. The highest BCUT2D eigenvalue weighted by Crippen LogP contribution is 2.36. The van der Waals surface area contributed by atoms with Crippen LogP contribution < -0.4 is 19.7 Å². The summed E-state index contributed by atoms with van der Waals surface area (Å²) in [4.78, 5) is 28.0. The van der Waals surface area contributed by atoms with Gasteiger partial charge in [0.2, 0.25) is 0 Å². The summed E-state index contributed by atoms with van der Waals surface area (Å²) >= 11 is 0. The number of rotatable bonds is 8. The molecule has 0 saturated carbocycles. The Hall–Kier alpha value is -4.13. The highest BCUT2D eigenvalue weighted by atomic mass is 19.1. The van der Waals surface area contributed by atoms with Crippen molar-refractivity contribution in [2.24, 2.45) is 0 Å². The molecule has 1 aliphatic heterocycles. The standard InChI is InChI=1S/C27H25FN2O4/c1-4-14-34-21-11-9-18(10-12-21)24-25(29-22-15-17(2)8-13-23(22)33-3)27(32)30(26(24)31)20-7-5-6-19(28)16-20/h5-13,15-16,29H,4,14H2,1-3H3. The van der Waals surface area contributed by atoms with E-state index in [-0.39, 0.29) is 17.0 Å². The van der Waals surface area contributed by atoms with Gasteiger partial charge in [-0.2, -0.15) is 0 Å². The van der Waals surface area contributed by atoms with Crippen LogP contribution in [0.4, 0.5) is 15.8 Å². The zero-order chi connectivity index (χ0) is 24.2. The fourth-order valence-corrected chi connectivity index (χ4v) is 3.76. The molecule has 4 rings (SSSR count). The molecule has 0 bridgehead atoms. The lowest BCUT2D eigenvalue weighted by Crippen LogP contribution is -2.32. The van der Waals surface area contributed by atoms with Gasteiger partial charge in [0, 0.05) is 0 Å². The molecule has 0 radical (unpaired) electrons. The number of halogens is 1. The van der Waals surface area contributed by atoms with Crippen molar-refractivity contribution in [2.75, 3.05) is 23.9 Å². The van der Waals surface area contributed by atoms with Crippen LogP contribution in [0.2, 0.25) is 0 Å². The third-order valence-corrected chi connectivity index (χ3v) is 5.38. The van der Waals surface area contributed by atoms with Crippen LogP contribution >= 0.6 is 0 Å². The molecule has 7 heteroatoms. The third-order valence-electron chi connectivity index (χ3n) is 5.38. The number of imide groups is 1. The van der Waals surface area contributed by atoms with E-state index in [1.807, 2.05) is 26.0 Å². The maximum atomic E-state index is 13.9. The number of nitrogens with one attached hydrogen (secondary N) is 1. The summed E-state index contributed by atoms with van der Waals surface area (Å²) in [5.74, 6) is -0.490. The van der Waals surface area contributed by atoms with E-state index in [1.165, 1.54) is 25.3 Å². The van der Waals surface area contributed by atoms with Gasteiger partial charge in [0.15, 0.2) is 0 Å². The van der Waals surface area contributed by atoms with Gasteiger partial charge in [0.1, 0.15) is 23.0 Å². The van der Waals surface area contributed by atoms with Gasteiger partial charge in [-0.05, 0) is 66.9 Å². The topological polar surface area (TPSA) is 67.9 Å². The van der Waals surface area contributed by atoms with Crippen LogP contribution in [-0.2, 0) is 9.59 Å². The molecule has 3 aromatic carbocycles. The summed E-state index contributed by atoms with van der Waals surface area (Å²) in [6, 6.07) is 17.9. The van der Waals surface area contributed by atoms with Crippen LogP contribution in [0, 0.1) is 12.7 Å². The number of hydrogen-bond donors (Lipinski definition) is 1. The number of anilines is 2. The van der Waals surface area contributed by atoms with Crippen molar-refractivity contribution >= 4 is 28.8 Å². The molecule has 0 spiro atoms. The minimum Gasteiger partial charge on any atom is -0.495 e. The summed E-state index contributed by atoms with van der Waals surface area (Å²) in [5, 5.41) is 3.11. The second-order valence-corrected chi connectivity index (χ2v) is 7.88. The number of aryl methyl sites for hydroxylation is 1. The lowest BCUT2D eigenvalue weighted by Gasteiger charge is -2.16. The summed E-state index contributed by atoms with van der Waals surface area (Å²) in [6.45, 7) is 4.50. The highest BCUT2D eigenvalue weighted by molar-refractivity contribution is 6.46. The first kappa shape index (κ1) is 23.0. The smallest absolute Gasteiger partial charge is 0.282 e. The molecule has 34 heavy (non-hydrogen) atoms. The zero-order valence-corrected chi connectivity index (χ0v) is 19.2. The van der Waals surface area contributed by atoms with Gasteiger partial charge in [0.05, 0.1) is 30.7 Å². The van der Waals surface area contributed by atoms with Crippen molar-refractivity contribution in [2.45, 2.75) is 20.3 Å². The number of amides is 2. The van der Waals surface area contributed by atoms with Crippen LogP contribution in [0.1, 0.15) is 24.5 Å². The molecule has 1 aliphatic rings. The molecule has 2 amide bonds. The number of hydrogen-bond acceptors (Lipinski definition) is 5. The van der Waals surface area contributed by atoms with E-state index in [2.05, 4.69) is 5.32 Å². The second kappa shape index (κ2) is 9.79. The Labute approximate surface area is 197 Å². The molecular formula is C27H25FN2O4. The molecule has 1 N–H and O–H groups in total. The number of methoxy groups -OCH3 is 1. The van der Waals surface area contributed by atoms with E-state index in [9.17, 15) is 14.0 Å².